The molecule has 19 heavy (non-hydrogen) atoms. The van der Waals surface area contributed by atoms with Gasteiger partial charge in [0.05, 0.1) is 0 Å². The van der Waals surface area contributed by atoms with E-state index in [0.29, 0.717) is 6.42 Å². The number of benzene rings is 3. The summed E-state index contributed by atoms with van der Waals surface area (Å²) in [4.78, 5) is 11.6. The third-order valence-corrected chi connectivity index (χ3v) is 3.43. The van der Waals surface area contributed by atoms with Crippen molar-refractivity contribution in [3.63, 3.8) is 0 Å². The molecule has 0 heterocycles. The molecule has 0 unspecified atom stereocenters. The molecule has 0 bridgehead atoms. The van der Waals surface area contributed by atoms with Gasteiger partial charge in [-0.15, -0.1) is 0 Å². The standard InChI is InChI=1S/C18H14O/c1-2-17(19)11-16-9-5-8-15-10-13-6-3-4-7-14(13)12-18(15)16/h2-10,12H,1,11H2. The minimum Gasteiger partial charge on any atom is -0.295 e. The molecule has 0 radical (unpaired) electrons. The van der Waals surface area contributed by atoms with Crippen LogP contribution in [0, 0.1) is 0 Å². The van der Waals surface area contributed by atoms with Crippen molar-refractivity contribution in [2.75, 3.05) is 0 Å². The van der Waals surface area contributed by atoms with Gasteiger partial charge in [-0.1, -0.05) is 49.0 Å². The zero-order chi connectivity index (χ0) is 13.2. The minimum absolute atomic E-state index is 0.0562. The number of carbonyl (C=O) groups is 1. The Morgan fingerprint density at radius 3 is 2.37 bits per heavy atom. The van der Waals surface area contributed by atoms with E-state index in [1.165, 1.54) is 22.2 Å². The van der Waals surface area contributed by atoms with Crippen LogP contribution in [0.15, 0.2) is 67.3 Å². The lowest BCUT2D eigenvalue weighted by Crippen LogP contribution is -1.98. The maximum Gasteiger partial charge on any atom is 0.159 e. The number of rotatable bonds is 3. The quantitative estimate of drug-likeness (QED) is 0.497. The molecule has 0 amide bonds. The second-order valence-electron chi connectivity index (χ2n) is 4.68. The average Bonchev–Trinajstić information content (AvgIpc) is 2.45. The van der Waals surface area contributed by atoms with Crippen LogP contribution < -0.4 is 0 Å². The molecule has 0 aromatic heterocycles. The first-order chi connectivity index (χ1) is 9.28. The number of allylic oxidation sites excluding steroid dienone is 1. The van der Waals surface area contributed by atoms with Crippen molar-refractivity contribution in [3.8, 4) is 0 Å². The van der Waals surface area contributed by atoms with E-state index in [1.54, 1.807) is 0 Å². The first kappa shape index (κ1) is 11.7. The molecule has 0 N–H and O–H groups in total. The van der Waals surface area contributed by atoms with Crippen molar-refractivity contribution < 1.29 is 4.79 Å². The van der Waals surface area contributed by atoms with Crippen LogP contribution in [0.4, 0.5) is 0 Å². The normalized spacial score (nSPS) is 10.7. The number of carbonyl (C=O) groups excluding carboxylic acids is 1. The maximum atomic E-state index is 11.6. The smallest absolute Gasteiger partial charge is 0.159 e. The summed E-state index contributed by atoms with van der Waals surface area (Å²) in [6.45, 7) is 3.54. The SMILES string of the molecule is C=CC(=O)Cc1cccc2cc3ccccc3cc12. The van der Waals surface area contributed by atoms with Crippen LogP contribution in [0.5, 0.6) is 0 Å². The zero-order valence-corrected chi connectivity index (χ0v) is 10.6. The van der Waals surface area contributed by atoms with E-state index >= 15 is 0 Å². The first-order valence-corrected chi connectivity index (χ1v) is 6.33. The molecule has 0 atom stereocenters. The van der Waals surface area contributed by atoms with Gasteiger partial charge in [0.2, 0.25) is 0 Å². The summed E-state index contributed by atoms with van der Waals surface area (Å²) in [6.07, 6.45) is 1.80. The third kappa shape index (κ3) is 2.15. The number of fused-ring (bicyclic) bond motifs is 2. The van der Waals surface area contributed by atoms with Crippen LogP contribution in [0.2, 0.25) is 0 Å². The van der Waals surface area contributed by atoms with Gasteiger partial charge in [-0.05, 0) is 45.3 Å². The number of hydrogen-bond acceptors (Lipinski definition) is 1. The Morgan fingerprint density at radius 2 is 1.63 bits per heavy atom. The van der Waals surface area contributed by atoms with Gasteiger partial charge in [0.1, 0.15) is 0 Å². The Balaban J connectivity index is 2.25. The van der Waals surface area contributed by atoms with Crippen molar-refractivity contribution in [1.29, 1.82) is 0 Å². The average molecular weight is 246 g/mol. The predicted molar refractivity (Wildman–Crippen MR) is 80.4 cm³/mol. The fraction of sp³-hybridized carbons (Fsp3) is 0.0556. The fourth-order valence-electron chi connectivity index (χ4n) is 2.45. The molecule has 0 aliphatic rings. The largest absolute Gasteiger partial charge is 0.295 e. The highest BCUT2D eigenvalue weighted by atomic mass is 16.1. The molecule has 0 aliphatic carbocycles. The Hall–Kier alpha value is -2.41. The van der Waals surface area contributed by atoms with E-state index in [1.807, 2.05) is 24.3 Å². The Labute approximate surface area is 112 Å². The third-order valence-electron chi connectivity index (χ3n) is 3.43. The highest BCUT2D eigenvalue weighted by Gasteiger charge is 2.05. The molecule has 0 fully saturated rings. The van der Waals surface area contributed by atoms with Gasteiger partial charge in [0, 0.05) is 6.42 Å². The van der Waals surface area contributed by atoms with E-state index in [4.69, 9.17) is 0 Å². The molecule has 1 heteroatoms. The van der Waals surface area contributed by atoms with Crippen molar-refractivity contribution in [2.24, 2.45) is 0 Å². The molecular formula is C18H14O. The molecule has 0 saturated heterocycles. The van der Waals surface area contributed by atoms with Gasteiger partial charge in [-0.25, -0.2) is 0 Å². The molecule has 0 aliphatic heterocycles. The second kappa shape index (κ2) is 4.69. The summed E-state index contributed by atoms with van der Waals surface area (Å²) in [5.74, 6) is 0.0562. The Morgan fingerprint density at radius 1 is 0.947 bits per heavy atom. The first-order valence-electron chi connectivity index (χ1n) is 6.33. The van der Waals surface area contributed by atoms with E-state index in [0.717, 1.165) is 10.9 Å². The summed E-state index contributed by atoms with van der Waals surface area (Å²) >= 11 is 0. The maximum absolute atomic E-state index is 11.6. The van der Waals surface area contributed by atoms with Gasteiger partial charge in [-0.3, -0.25) is 4.79 Å². The molecule has 3 rings (SSSR count). The monoisotopic (exact) mass is 246 g/mol. The molecule has 1 nitrogen and oxygen atoms in total. The topological polar surface area (TPSA) is 17.1 Å². The fourth-order valence-corrected chi connectivity index (χ4v) is 2.45. The molecule has 0 saturated carbocycles. The van der Waals surface area contributed by atoms with Crippen molar-refractivity contribution in [3.05, 3.63) is 72.8 Å². The van der Waals surface area contributed by atoms with Crippen LogP contribution >= 0.6 is 0 Å². The zero-order valence-electron chi connectivity index (χ0n) is 10.6. The van der Waals surface area contributed by atoms with E-state index in [-0.39, 0.29) is 5.78 Å². The van der Waals surface area contributed by atoms with Gasteiger partial charge in [0.25, 0.3) is 0 Å². The molecule has 3 aromatic rings. The molecular weight excluding hydrogens is 232 g/mol. The van der Waals surface area contributed by atoms with Gasteiger partial charge in [0.15, 0.2) is 5.78 Å². The minimum atomic E-state index is 0.0562. The van der Waals surface area contributed by atoms with Crippen LogP contribution in [-0.2, 0) is 11.2 Å². The van der Waals surface area contributed by atoms with Gasteiger partial charge < -0.3 is 0 Å². The summed E-state index contributed by atoms with van der Waals surface area (Å²) in [6, 6.07) is 18.7. The van der Waals surface area contributed by atoms with E-state index in [2.05, 4.69) is 36.9 Å². The number of hydrogen-bond donors (Lipinski definition) is 0. The Bertz CT molecular complexity index is 784. The van der Waals surface area contributed by atoms with Crippen molar-refractivity contribution >= 4 is 27.3 Å². The predicted octanol–water partition coefficient (Wildman–Crippen LogP) is 4.29. The van der Waals surface area contributed by atoms with Crippen molar-refractivity contribution in [2.45, 2.75) is 6.42 Å². The lowest BCUT2D eigenvalue weighted by molar-refractivity contribution is -0.113. The second-order valence-corrected chi connectivity index (χ2v) is 4.68. The van der Waals surface area contributed by atoms with Crippen LogP contribution in [0.25, 0.3) is 21.5 Å². The van der Waals surface area contributed by atoms with Crippen LogP contribution in [0.3, 0.4) is 0 Å². The van der Waals surface area contributed by atoms with E-state index < -0.39 is 0 Å². The van der Waals surface area contributed by atoms with Crippen LogP contribution in [0.1, 0.15) is 5.56 Å². The highest BCUT2D eigenvalue weighted by Crippen LogP contribution is 2.25. The van der Waals surface area contributed by atoms with Gasteiger partial charge >= 0.3 is 0 Å². The Kier molecular flexibility index (Phi) is 2.88. The van der Waals surface area contributed by atoms with E-state index in [9.17, 15) is 4.79 Å². The molecule has 3 aromatic carbocycles. The molecule has 0 spiro atoms. The van der Waals surface area contributed by atoms with Gasteiger partial charge in [-0.2, -0.15) is 0 Å². The summed E-state index contributed by atoms with van der Waals surface area (Å²) < 4.78 is 0. The van der Waals surface area contributed by atoms with Crippen molar-refractivity contribution in [1.82, 2.24) is 0 Å². The molecule has 92 valence electrons. The summed E-state index contributed by atoms with van der Waals surface area (Å²) in [7, 11) is 0. The van der Waals surface area contributed by atoms with Crippen LogP contribution in [-0.4, -0.2) is 5.78 Å². The highest BCUT2D eigenvalue weighted by molar-refractivity contribution is 6.01. The lowest BCUT2D eigenvalue weighted by atomic mass is 9.97. The lowest BCUT2D eigenvalue weighted by Gasteiger charge is -2.07. The number of ketones is 1. The summed E-state index contributed by atoms with van der Waals surface area (Å²) in [5.41, 5.74) is 1.06. The summed E-state index contributed by atoms with van der Waals surface area (Å²) in [5, 5.41) is 4.75.